The molecule has 1 aromatic heterocycles. The lowest BCUT2D eigenvalue weighted by Crippen LogP contribution is -2.36. The van der Waals surface area contributed by atoms with Crippen molar-refractivity contribution in [2.24, 2.45) is 16.8 Å². The highest BCUT2D eigenvalue weighted by Crippen LogP contribution is 2.66. The van der Waals surface area contributed by atoms with Gasteiger partial charge in [-0.15, -0.1) is 11.3 Å². The molecule has 7 aliphatic rings. The van der Waals surface area contributed by atoms with Crippen molar-refractivity contribution in [1.82, 2.24) is 0 Å². The number of amidine groups is 1. The molecule has 0 saturated heterocycles. The van der Waals surface area contributed by atoms with Crippen molar-refractivity contribution in [3.63, 3.8) is 0 Å². The van der Waals surface area contributed by atoms with Crippen LogP contribution in [0.25, 0.3) is 21.2 Å². The second kappa shape index (κ2) is 12.5. The maximum absolute atomic E-state index is 5.42. The lowest BCUT2D eigenvalue weighted by Gasteiger charge is -2.43. The Morgan fingerprint density at radius 1 is 0.727 bits per heavy atom. The molecule has 55 heavy (non-hydrogen) atoms. The Balaban J connectivity index is 0.904. The van der Waals surface area contributed by atoms with Crippen LogP contribution in [0, 0.1) is 11.8 Å². The van der Waals surface area contributed by atoms with E-state index in [1.54, 1.807) is 33.4 Å². The van der Waals surface area contributed by atoms with E-state index in [9.17, 15) is 0 Å². The van der Waals surface area contributed by atoms with E-state index in [4.69, 9.17) is 4.99 Å². The molecule has 2 nitrogen and oxygen atoms in total. The van der Waals surface area contributed by atoms with Crippen molar-refractivity contribution in [2.45, 2.75) is 106 Å². The van der Waals surface area contributed by atoms with Gasteiger partial charge in [-0.05, 0) is 113 Å². The molecular formula is C52H50N2S. The summed E-state index contributed by atoms with van der Waals surface area (Å²) in [4.78, 5) is 5.42. The van der Waals surface area contributed by atoms with Crippen molar-refractivity contribution >= 4 is 43.4 Å². The summed E-state index contributed by atoms with van der Waals surface area (Å²) >= 11 is 1.85. The van der Waals surface area contributed by atoms with Crippen molar-refractivity contribution in [1.29, 1.82) is 0 Å². The van der Waals surface area contributed by atoms with Crippen LogP contribution in [0.2, 0.25) is 0 Å². The van der Waals surface area contributed by atoms with Gasteiger partial charge < -0.3 is 5.32 Å². The zero-order chi connectivity index (χ0) is 36.1. The second-order valence-electron chi connectivity index (χ2n) is 18.0. The molecule has 2 spiro atoms. The van der Waals surface area contributed by atoms with Crippen LogP contribution in [-0.2, 0) is 10.8 Å². The number of benzene rings is 4. The third-order valence-electron chi connectivity index (χ3n) is 15.5. The molecule has 1 aliphatic heterocycles. The van der Waals surface area contributed by atoms with Gasteiger partial charge in [0.1, 0.15) is 16.9 Å². The highest BCUT2D eigenvalue weighted by Gasteiger charge is 2.55. The first-order valence-electron chi connectivity index (χ1n) is 21.5. The molecule has 1 N–H and O–H groups in total. The standard InChI is InChI=1S/C52H50N2S/c1-4-14-34(15-5-1)48-47-39-17-7-9-19-46(39)55-50(47)54-49(53-48)35-22-20-33(21-23-35)36-24-25-38-41-31-40-37-16-6-8-18-42(37)51(26-10-2-11-27-51)44(40)32-45(41)52(43(38)30-36)28-12-3-13-29-52/h1,4-9,14-17,19-23,30-32,38,42-43,48H,2-3,10-13,18,24-29H2,(H,53,54). The average molecular weight is 735 g/mol. The summed E-state index contributed by atoms with van der Waals surface area (Å²) in [6.07, 6.45) is 27.6. The van der Waals surface area contributed by atoms with Gasteiger partial charge in [-0.3, -0.25) is 4.99 Å². The Labute approximate surface area is 330 Å². The minimum absolute atomic E-state index is 0.0249. The fourth-order valence-electron chi connectivity index (χ4n) is 13.1. The minimum Gasteiger partial charge on any atom is -0.331 e. The van der Waals surface area contributed by atoms with Gasteiger partial charge in [0.2, 0.25) is 0 Å². The fraction of sp³-hybridized carbons (Fsp3) is 0.365. The predicted molar refractivity (Wildman–Crippen MR) is 231 cm³/mol. The lowest BCUT2D eigenvalue weighted by atomic mass is 9.60. The zero-order valence-corrected chi connectivity index (χ0v) is 32.6. The maximum atomic E-state index is 5.42. The highest BCUT2D eigenvalue weighted by molar-refractivity contribution is 7.23. The van der Waals surface area contributed by atoms with Crippen molar-refractivity contribution < 1.29 is 0 Å². The van der Waals surface area contributed by atoms with Gasteiger partial charge in [0.15, 0.2) is 0 Å². The third-order valence-corrected chi connectivity index (χ3v) is 16.6. The Kier molecular flexibility index (Phi) is 7.45. The van der Waals surface area contributed by atoms with Gasteiger partial charge in [-0.25, -0.2) is 0 Å². The van der Waals surface area contributed by atoms with Crippen molar-refractivity contribution in [3.05, 3.63) is 160 Å². The van der Waals surface area contributed by atoms with Crippen LogP contribution in [-0.4, -0.2) is 5.84 Å². The molecule has 5 aromatic rings. The summed E-state index contributed by atoms with van der Waals surface area (Å²) in [5.41, 5.74) is 15.9. The molecular weight excluding hydrogens is 685 g/mol. The Bertz CT molecular complexity index is 2460. The van der Waals surface area contributed by atoms with E-state index >= 15 is 0 Å². The number of fused-ring (bicyclic) bond motifs is 13. The summed E-state index contributed by atoms with van der Waals surface area (Å²) < 4.78 is 1.31. The average Bonchev–Trinajstić information content (AvgIpc) is 3.85. The van der Waals surface area contributed by atoms with E-state index in [0.717, 1.165) is 17.8 Å². The largest absolute Gasteiger partial charge is 0.331 e. The molecule has 12 rings (SSSR count). The number of nitrogens with one attached hydrogen (secondary N) is 1. The molecule has 6 aliphatic carbocycles. The quantitative estimate of drug-likeness (QED) is 0.196. The van der Waals surface area contributed by atoms with Gasteiger partial charge in [-0.1, -0.05) is 148 Å². The Morgan fingerprint density at radius 2 is 1.47 bits per heavy atom. The number of rotatable bonds is 3. The number of thiophene rings is 1. The number of hydrogen-bond donors (Lipinski definition) is 1. The number of aliphatic imine (C=N–C) groups is 1. The molecule has 2 heterocycles. The van der Waals surface area contributed by atoms with Crippen LogP contribution >= 0.6 is 11.3 Å². The lowest BCUT2D eigenvalue weighted by molar-refractivity contribution is 0.216. The van der Waals surface area contributed by atoms with E-state index in [-0.39, 0.29) is 6.04 Å². The number of anilines is 1. The SMILES string of the molecule is C1=CCC2C(=C1)c1cc3c(cc1C21CCCCC1)C1(CCCCC1)C1C=C(c2ccc(C4=NC(c5ccccc5)c5c(sc6ccccc56)N4)cc2)CCC31. The van der Waals surface area contributed by atoms with E-state index in [2.05, 4.69) is 121 Å². The first-order valence-corrected chi connectivity index (χ1v) is 22.3. The molecule has 3 heteroatoms. The van der Waals surface area contributed by atoms with E-state index < -0.39 is 0 Å². The molecule has 4 atom stereocenters. The molecule has 2 fully saturated rings. The molecule has 4 unspecified atom stereocenters. The molecule has 0 radical (unpaired) electrons. The normalized spacial score (nSPS) is 26.7. The summed E-state index contributed by atoms with van der Waals surface area (Å²) in [6.45, 7) is 0. The Hall–Kier alpha value is -4.47. The highest BCUT2D eigenvalue weighted by atomic mass is 32.1. The summed E-state index contributed by atoms with van der Waals surface area (Å²) in [5.74, 6) is 2.92. The molecule has 4 aromatic carbocycles. The van der Waals surface area contributed by atoms with Gasteiger partial charge >= 0.3 is 0 Å². The van der Waals surface area contributed by atoms with Crippen molar-refractivity contribution in [2.75, 3.05) is 5.32 Å². The molecule has 274 valence electrons. The number of allylic oxidation sites excluding steroid dienone is 6. The summed E-state index contributed by atoms with van der Waals surface area (Å²) in [7, 11) is 0. The van der Waals surface area contributed by atoms with E-state index in [1.807, 2.05) is 11.3 Å². The number of hydrogen-bond acceptors (Lipinski definition) is 3. The number of nitrogens with zero attached hydrogens (tertiary/aromatic N) is 1. The van der Waals surface area contributed by atoms with Crippen LogP contribution in [0.5, 0.6) is 0 Å². The first kappa shape index (κ1) is 32.7. The predicted octanol–water partition coefficient (Wildman–Crippen LogP) is 13.8. The summed E-state index contributed by atoms with van der Waals surface area (Å²) in [5, 5.41) is 6.31. The van der Waals surface area contributed by atoms with E-state index in [0.29, 0.717) is 28.6 Å². The van der Waals surface area contributed by atoms with Crippen LogP contribution in [0.4, 0.5) is 5.00 Å². The zero-order valence-electron chi connectivity index (χ0n) is 31.8. The summed E-state index contributed by atoms with van der Waals surface area (Å²) in [6, 6.07) is 34.7. The fourth-order valence-corrected chi connectivity index (χ4v) is 14.2. The maximum Gasteiger partial charge on any atom is 0.134 e. The minimum atomic E-state index is -0.0249. The van der Waals surface area contributed by atoms with Crippen LogP contribution in [0.1, 0.15) is 140 Å². The third kappa shape index (κ3) is 4.81. The van der Waals surface area contributed by atoms with Crippen LogP contribution in [0.3, 0.4) is 0 Å². The Morgan fingerprint density at radius 3 is 2.29 bits per heavy atom. The smallest absolute Gasteiger partial charge is 0.134 e. The van der Waals surface area contributed by atoms with Gasteiger partial charge in [0.25, 0.3) is 0 Å². The topological polar surface area (TPSA) is 24.4 Å². The van der Waals surface area contributed by atoms with Crippen LogP contribution in [0.15, 0.2) is 120 Å². The second-order valence-corrected chi connectivity index (χ2v) is 19.0. The van der Waals surface area contributed by atoms with Gasteiger partial charge in [-0.2, -0.15) is 0 Å². The van der Waals surface area contributed by atoms with Gasteiger partial charge in [0, 0.05) is 32.0 Å². The molecule has 0 amide bonds. The molecule has 2 saturated carbocycles. The van der Waals surface area contributed by atoms with Gasteiger partial charge in [0.05, 0.1) is 0 Å². The molecule has 0 bridgehead atoms. The monoisotopic (exact) mass is 734 g/mol. The first-order chi connectivity index (χ1) is 27.2. The van der Waals surface area contributed by atoms with Crippen molar-refractivity contribution in [3.8, 4) is 0 Å². The van der Waals surface area contributed by atoms with Crippen LogP contribution < -0.4 is 5.32 Å². The van der Waals surface area contributed by atoms with E-state index in [1.165, 1.54) is 109 Å².